The first-order valence-electron chi connectivity index (χ1n) is 6.20. The van der Waals surface area contributed by atoms with Gasteiger partial charge in [-0.25, -0.2) is 0 Å². The molecular formula is C11H19F3N2O3. The van der Waals surface area contributed by atoms with Gasteiger partial charge in [0.15, 0.2) is 0 Å². The molecule has 19 heavy (non-hydrogen) atoms. The molecule has 1 heterocycles. The highest BCUT2D eigenvalue weighted by Crippen LogP contribution is 2.13. The molecule has 1 aliphatic heterocycles. The zero-order valence-electron chi connectivity index (χ0n) is 10.6. The largest absolute Gasteiger partial charge is 0.411 e. The van der Waals surface area contributed by atoms with Crippen LogP contribution in [0.2, 0.25) is 0 Å². The number of carbonyl (C=O) groups excluding carboxylic acids is 1. The number of nitrogens with one attached hydrogen (secondary N) is 2. The van der Waals surface area contributed by atoms with Crippen molar-refractivity contribution in [2.45, 2.75) is 25.1 Å². The van der Waals surface area contributed by atoms with Gasteiger partial charge in [-0.15, -0.1) is 0 Å². The van der Waals surface area contributed by atoms with Crippen molar-refractivity contribution >= 4 is 5.91 Å². The van der Waals surface area contributed by atoms with Crippen LogP contribution >= 0.6 is 0 Å². The van der Waals surface area contributed by atoms with E-state index in [1.165, 1.54) is 0 Å². The Labute approximate surface area is 109 Å². The van der Waals surface area contributed by atoms with Crippen LogP contribution < -0.4 is 10.6 Å². The van der Waals surface area contributed by atoms with Gasteiger partial charge in [0.1, 0.15) is 6.61 Å². The van der Waals surface area contributed by atoms with Gasteiger partial charge in [0, 0.05) is 25.8 Å². The summed E-state index contributed by atoms with van der Waals surface area (Å²) < 4.78 is 44.8. The number of rotatable bonds is 7. The molecule has 112 valence electrons. The summed E-state index contributed by atoms with van der Waals surface area (Å²) in [6, 6.07) is 0.129. The number of amides is 1. The molecule has 0 saturated carbocycles. The lowest BCUT2D eigenvalue weighted by Crippen LogP contribution is -2.43. The summed E-state index contributed by atoms with van der Waals surface area (Å²) in [7, 11) is 0. The van der Waals surface area contributed by atoms with E-state index in [1.807, 2.05) is 0 Å². The molecule has 0 aliphatic carbocycles. The Bertz CT molecular complexity index is 268. The van der Waals surface area contributed by atoms with E-state index >= 15 is 0 Å². The Kier molecular flexibility index (Phi) is 7.11. The van der Waals surface area contributed by atoms with E-state index in [4.69, 9.17) is 4.74 Å². The Morgan fingerprint density at radius 2 is 2.00 bits per heavy atom. The van der Waals surface area contributed by atoms with Crippen LogP contribution in [0.5, 0.6) is 0 Å². The predicted molar refractivity (Wildman–Crippen MR) is 61.7 cm³/mol. The number of ether oxygens (including phenoxy) is 2. The molecular weight excluding hydrogens is 265 g/mol. The lowest BCUT2D eigenvalue weighted by molar-refractivity contribution is -0.173. The first-order chi connectivity index (χ1) is 8.97. The normalized spacial score (nSPS) is 17.4. The maximum Gasteiger partial charge on any atom is 0.411 e. The van der Waals surface area contributed by atoms with Crippen molar-refractivity contribution < 1.29 is 27.4 Å². The van der Waals surface area contributed by atoms with Gasteiger partial charge >= 0.3 is 6.18 Å². The predicted octanol–water partition coefficient (Wildman–Crippen LogP) is 0.450. The van der Waals surface area contributed by atoms with Gasteiger partial charge in [0.25, 0.3) is 0 Å². The third-order valence-corrected chi connectivity index (χ3v) is 2.56. The molecule has 0 bridgehead atoms. The van der Waals surface area contributed by atoms with Crippen molar-refractivity contribution in [3.8, 4) is 0 Å². The molecule has 2 N–H and O–H groups in total. The molecule has 0 aromatic heterocycles. The molecule has 1 fully saturated rings. The number of hydrogen-bond donors (Lipinski definition) is 2. The summed E-state index contributed by atoms with van der Waals surface area (Å²) in [5, 5.41) is 5.56. The van der Waals surface area contributed by atoms with E-state index in [1.54, 1.807) is 0 Å². The molecule has 0 radical (unpaired) electrons. The summed E-state index contributed by atoms with van der Waals surface area (Å²) in [6.07, 6.45) is -2.72. The maximum absolute atomic E-state index is 11.7. The third kappa shape index (κ3) is 8.79. The highest BCUT2D eigenvalue weighted by Gasteiger charge is 2.27. The molecule has 5 nitrogen and oxygen atoms in total. The molecule has 8 heteroatoms. The number of halogens is 3. The van der Waals surface area contributed by atoms with Crippen molar-refractivity contribution in [1.82, 2.24) is 10.6 Å². The van der Waals surface area contributed by atoms with Crippen molar-refractivity contribution in [3.63, 3.8) is 0 Å². The fraction of sp³-hybridized carbons (Fsp3) is 0.909. The molecule has 0 unspecified atom stereocenters. The first kappa shape index (κ1) is 16.2. The molecule has 1 rings (SSSR count). The van der Waals surface area contributed by atoms with Gasteiger partial charge in [-0.1, -0.05) is 0 Å². The minimum atomic E-state index is -4.31. The molecule has 0 aromatic carbocycles. The standard InChI is InChI=1S/C11H19F3N2O3/c12-11(13,14)8-19-6-3-15-7-10(17)16-9-1-4-18-5-2-9/h9,15H,1-8H2,(H,16,17). The summed E-state index contributed by atoms with van der Waals surface area (Å²) >= 11 is 0. The molecule has 1 saturated heterocycles. The summed E-state index contributed by atoms with van der Waals surface area (Å²) in [5.41, 5.74) is 0. The van der Waals surface area contributed by atoms with Gasteiger partial charge in [0.05, 0.1) is 13.2 Å². The molecule has 0 aromatic rings. The smallest absolute Gasteiger partial charge is 0.381 e. The fourth-order valence-corrected chi connectivity index (χ4v) is 1.65. The highest BCUT2D eigenvalue weighted by atomic mass is 19.4. The van der Waals surface area contributed by atoms with E-state index in [9.17, 15) is 18.0 Å². The molecule has 1 amide bonds. The van der Waals surface area contributed by atoms with Crippen molar-refractivity contribution in [2.75, 3.05) is 39.5 Å². The van der Waals surface area contributed by atoms with Crippen LogP contribution in [-0.4, -0.2) is 57.6 Å². The number of hydrogen-bond acceptors (Lipinski definition) is 4. The Morgan fingerprint density at radius 3 is 2.63 bits per heavy atom. The van der Waals surface area contributed by atoms with E-state index in [-0.39, 0.29) is 31.6 Å². The van der Waals surface area contributed by atoms with Crippen LogP contribution in [0.25, 0.3) is 0 Å². The Morgan fingerprint density at radius 1 is 1.32 bits per heavy atom. The van der Waals surface area contributed by atoms with Crippen LogP contribution in [0, 0.1) is 0 Å². The lowest BCUT2D eigenvalue weighted by atomic mass is 10.1. The number of carbonyl (C=O) groups is 1. The van der Waals surface area contributed by atoms with E-state index in [0.29, 0.717) is 13.2 Å². The SMILES string of the molecule is O=C(CNCCOCC(F)(F)F)NC1CCOCC1. The van der Waals surface area contributed by atoms with Gasteiger partial charge < -0.3 is 20.1 Å². The monoisotopic (exact) mass is 284 g/mol. The van der Waals surface area contributed by atoms with Crippen molar-refractivity contribution in [2.24, 2.45) is 0 Å². The quantitative estimate of drug-likeness (QED) is 0.666. The average molecular weight is 284 g/mol. The fourth-order valence-electron chi connectivity index (χ4n) is 1.65. The Hall–Kier alpha value is -0.860. The van der Waals surface area contributed by atoms with Crippen molar-refractivity contribution in [3.05, 3.63) is 0 Å². The summed E-state index contributed by atoms with van der Waals surface area (Å²) in [5.74, 6) is -0.164. The topological polar surface area (TPSA) is 59.6 Å². The van der Waals surface area contributed by atoms with Crippen LogP contribution in [0.1, 0.15) is 12.8 Å². The first-order valence-corrected chi connectivity index (χ1v) is 6.20. The van der Waals surface area contributed by atoms with Gasteiger partial charge in [-0.05, 0) is 12.8 Å². The molecule has 0 atom stereocenters. The summed E-state index contributed by atoms with van der Waals surface area (Å²) in [6.45, 7) is 0.227. The average Bonchev–Trinajstić information content (AvgIpc) is 2.33. The molecule has 1 aliphatic rings. The minimum absolute atomic E-state index is 0.0761. The van der Waals surface area contributed by atoms with Gasteiger partial charge in [-0.3, -0.25) is 4.79 Å². The van der Waals surface area contributed by atoms with E-state index in [0.717, 1.165) is 12.8 Å². The van der Waals surface area contributed by atoms with Crippen molar-refractivity contribution in [1.29, 1.82) is 0 Å². The van der Waals surface area contributed by atoms with Gasteiger partial charge in [-0.2, -0.15) is 13.2 Å². The van der Waals surface area contributed by atoms with Crippen LogP contribution in [0.15, 0.2) is 0 Å². The zero-order valence-corrected chi connectivity index (χ0v) is 10.6. The third-order valence-electron chi connectivity index (χ3n) is 2.56. The van der Waals surface area contributed by atoms with E-state index < -0.39 is 12.8 Å². The highest BCUT2D eigenvalue weighted by molar-refractivity contribution is 5.78. The molecule has 0 spiro atoms. The van der Waals surface area contributed by atoms with Crippen LogP contribution in [0.4, 0.5) is 13.2 Å². The Balaban J connectivity index is 1.95. The summed E-state index contributed by atoms with van der Waals surface area (Å²) in [4.78, 5) is 11.5. The number of alkyl halides is 3. The maximum atomic E-state index is 11.7. The van der Waals surface area contributed by atoms with Gasteiger partial charge in [0.2, 0.25) is 5.91 Å². The van der Waals surface area contributed by atoms with Crippen LogP contribution in [-0.2, 0) is 14.3 Å². The second-order valence-electron chi connectivity index (χ2n) is 4.30. The second kappa shape index (κ2) is 8.34. The van der Waals surface area contributed by atoms with E-state index in [2.05, 4.69) is 15.4 Å². The zero-order chi connectivity index (χ0) is 14.1. The van der Waals surface area contributed by atoms with Crippen LogP contribution in [0.3, 0.4) is 0 Å². The minimum Gasteiger partial charge on any atom is -0.381 e. The second-order valence-corrected chi connectivity index (χ2v) is 4.30. The lowest BCUT2D eigenvalue weighted by Gasteiger charge is -2.23.